The number of phenolic OH excluding ortho intramolecular Hbond substituents is 1. The van der Waals surface area contributed by atoms with Crippen molar-refractivity contribution in [3.05, 3.63) is 65.2 Å². The highest BCUT2D eigenvalue weighted by Gasteiger charge is 2.30. The molecule has 0 radical (unpaired) electrons. The number of halogens is 2. The third-order valence-corrected chi connectivity index (χ3v) is 6.27. The Morgan fingerprint density at radius 3 is 2.37 bits per heavy atom. The number of nitrogen functional groups attached to an aromatic ring is 1. The summed E-state index contributed by atoms with van der Waals surface area (Å²) < 4.78 is 42.8. The number of hydrogen-bond donors (Lipinski definition) is 3. The second-order valence-electron chi connectivity index (χ2n) is 9.40. The second-order valence-corrected chi connectivity index (χ2v) is 9.40. The predicted octanol–water partition coefficient (Wildman–Crippen LogP) is 4.87. The lowest BCUT2D eigenvalue weighted by Crippen LogP contribution is -2.34. The molecule has 38 heavy (non-hydrogen) atoms. The number of carbonyl (C=O) groups excluding carboxylic acids is 1. The molecule has 0 bridgehead atoms. The van der Waals surface area contributed by atoms with E-state index in [4.69, 9.17) is 20.6 Å². The Hall–Kier alpha value is -4.41. The van der Waals surface area contributed by atoms with Crippen LogP contribution in [0.15, 0.2) is 42.5 Å². The number of nitrogens with one attached hydrogen (secondary N) is 1. The van der Waals surface area contributed by atoms with E-state index in [2.05, 4.69) is 11.9 Å². The summed E-state index contributed by atoms with van der Waals surface area (Å²) in [5.74, 6) is -3.90. The van der Waals surface area contributed by atoms with Crippen LogP contribution in [0.5, 0.6) is 29.0 Å². The fraction of sp³-hybridized carbons (Fsp3) is 0.296. The average Bonchev–Trinajstić information content (AvgIpc) is 2.88. The van der Waals surface area contributed by atoms with Gasteiger partial charge in [-0.05, 0) is 55.2 Å². The molecule has 1 aromatic heterocycles. The first-order valence-corrected chi connectivity index (χ1v) is 12.0. The van der Waals surface area contributed by atoms with E-state index in [0.29, 0.717) is 24.6 Å². The minimum atomic E-state index is -1.06. The van der Waals surface area contributed by atoms with E-state index in [1.54, 1.807) is 31.1 Å². The minimum absolute atomic E-state index is 0.112. The van der Waals surface area contributed by atoms with Gasteiger partial charge in [-0.2, -0.15) is 13.8 Å². The summed E-state index contributed by atoms with van der Waals surface area (Å²) in [6.45, 7) is 2.90. The number of pyridine rings is 1. The topological polar surface area (TPSA) is 125 Å². The summed E-state index contributed by atoms with van der Waals surface area (Å²) in [4.78, 5) is 19.3. The van der Waals surface area contributed by atoms with Crippen LogP contribution in [-0.4, -0.2) is 53.9 Å². The van der Waals surface area contributed by atoms with Crippen LogP contribution in [0, 0.1) is 23.0 Å². The number of benzene rings is 2. The van der Waals surface area contributed by atoms with Crippen LogP contribution in [0.25, 0.3) is 0 Å². The lowest BCUT2D eigenvalue weighted by molar-refractivity contribution is 0.0827. The van der Waals surface area contributed by atoms with Gasteiger partial charge in [-0.25, -0.2) is 0 Å². The molecule has 1 aliphatic heterocycles. The monoisotopic (exact) mass is 525 g/mol. The van der Waals surface area contributed by atoms with Gasteiger partial charge in [-0.3, -0.25) is 10.2 Å². The van der Waals surface area contributed by atoms with Crippen molar-refractivity contribution in [3.8, 4) is 29.0 Å². The van der Waals surface area contributed by atoms with Gasteiger partial charge in [0.05, 0.1) is 0 Å². The van der Waals surface area contributed by atoms with Gasteiger partial charge in [-0.15, -0.1) is 0 Å². The number of amidine groups is 1. The smallest absolute Gasteiger partial charge is 0.261 e. The maximum absolute atomic E-state index is 15.8. The Morgan fingerprint density at radius 2 is 1.74 bits per heavy atom. The number of phenols is 1. The van der Waals surface area contributed by atoms with Gasteiger partial charge in [-0.1, -0.05) is 13.0 Å². The number of aromatic hydroxyl groups is 1. The number of hydrogen-bond acceptors (Lipinski definition) is 7. The molecule has 4 rings (SSSR count). The first-order chi connectivity index (χ1) is 18.0. The van der Waals surface area contributed by atoms with Crippen LogP contribution in [-0.2, 0) is 0 Å². The molecular formula is C27H29F2N5O4. The summed E-state index contributed by atoms with van der Waals surface area (Å²) >= 11 is 0. The molecule has 1 fully saturated rings. The zero-order chi connectivity index (χ0) is 27.6. The number of anilines is 1. The van der Waals surface area contributed by atoms with Gasteiger partial charge >= 0.3 is 0 Å². The zero-order valence-corrected chi connectivity index (χ0v) is 21.3. The number of carbonyl (C=O) groups is 1. The molecule has 3 aromatic rings. The lowest BCUT2D eigenvalue weighted by atomic mass is 9.99. The highest BCUT2D eigenvalue weighted by atomic mass is 19.1. The van der Waals surface area contributed by atoms with E-state index in [1.165, 1.54) is 35.2 Å². The summed E-state index contributed by atoms with van der Waals surface area (Å²) in [5.41, 5.74) is 5.70. The fourth-order valence-electron chi connectivity index (χ4n) is 4.06. The Balaban J connectivity index is 1.79. The number of rotatable bonds is 7. The van der Waals surface area contributed by atoms with E-state index in [-0.39, 0.29) is 40.2 Å². The Kier molecular flexibility index (Phi) is 7.65. The van der Waals surface area contributed by atoms with Crippen molar-refractivity contribution in [3.63, 3.8) is 0 Å². The third kappa shape index (κ3) is 5.61. The number of nitrogens with zero attached hydrogens (tertiary/aromatic N) is 3. The van der Waals surface area contributed by atoms with Crippen molar-refractivity contribution in [1.82, 2.24) is 9.88 Å². The molecule has 1 aliphatic rings. The van der Waals surface area contributed by atoms with E-state index in [9.17, 15) is 9.90 Å². The van der Waals surface area contributed by atoms with Gasteiger partial charge in [0, 0.05) is 38.3 Å². The molecule has 1 saturated heterocycles. The molecule has 9 nitrogen and oxygen atoms in total. The molecule has 0 aliphatic carbocycles. The molecular weight excluding hydrogens is 496 g/mol. The van der Waals surface area contributed by atoms with Crippen molar-refractivity contribution in [2.45, 2.75) is 19.8 Å². The average molecular weight is 526 g/mol. The first-order valence-electron chi connectivity index (χ1n) is 12.0. The Labute approximate surface area is 218 Å². The quantitative estimate of drug-likeness (QED) is 0.297. The molecule has 1 amide bonds. The SMILES string of the molecule is CC1CCN(c2c(F)c(Oc3cccc(C(=O)N(C)C)c3)nc(Oc3cc(C(=N)N)ccc3O)c2F)CC1. The maximum atomic E-state index is 15.8. The summed E-state index contributed by atoms with van der Waals surface area (Å²) in [7, 11) is 3.20. The standard InChI is InChI=1S/C27H29F2N5O4/c1-15-9-11-34(12-10-15)23-21(28)25(37-18-6-4-5-17(13-18)27(36)33(2)3)32-26(22(23)29)38-20-14-16(24(30)31)7-8-19(20)35/h4-8,13-15,35H,9-12H2,1-3H3,(H3,30,31). The van der Waals surface area contributed by atoms with Crippen LogP contribution >= 0.6 is 0 Å². The fourth-order valence-corrected chi connectivity index (χ4v) is 4.06. The second kappa shape index (κ2) is 10.9. The van der Waals surface area contributed by atoms with Crippen LogP contribution < -0.4 is 20.1 Å². The zero-order valence-electron chi connectivity index (χ0n) is 21.3. The number of nitrogens with two attached hydrogens (primary N) is 1. The third-order valence-electron chi connectivity index (χ3n) is 6.27. The Bertz CT molecular complexity index is 1370. The minimum Gasteiger partial charge on any atom is -0.504 e. The van der Waals surface area contributed by atoms with Gasteiger partial charge in [0.1, 0.15) is 17.3 Å². The number of aromatic nitrogens is 1. The van der Waals surface area contributed by atoms with Crippen LogP contribution in [0.1, 0.15) is 35.7 Å². The highest BCUT2D eigenvalue weighted by molar-refractivity contribution is 5.95. The summed E-state index contributed by atoms with van der Waals surface area (Å²) in [6, 6.07) is 9.99. The normalized spacial score (nSPS) is 13.8. The molecule has 0 saturated carbocycles. The number of amides is 1. The molecule has 4 N–H and O–H groups in total. The molecule has 11 heteroatoms. The highest BCUT2D eigenvalue weighted by Crippen LogP contribution is 2.41. The van der Waals surface area contributed by atoms with E-state index in [1.807, 2.05) is 0 Å². The van der Waals surface area contributed by atoms with E-state index >= 15 is 8.78 Å². The predicted molar refractivity (Wildman–Crippen MR) is 138 cm³/mol. The van der Waals surface area contributed by atoms with Gasteiger partial charge in [0.25, 0.3) is 17.7 Å². The van der Waals surface area contributed by atoms with Crippen molar-refractivity contribution in [2.75, 3.05) is 32.1 Å². The lowest BCUT2D eigenvalue weighted by Gasteiger charge is -2.32. The first kappa shape index (κ1) is 26.6. The summed E-state index contributed by atoms with van der Waals surface area (Å²) in [6.07, 6.45) is 1.48. The Morgan fingerprint density at radius 1 is 1.08 bits per heavy atom. The van der Waals surface area contributed by atoms with E-state index < -0.39 is 23.4 Å². The van der Waals surface area contributed by atoms with E-state index in [0.717, 1.165) is 12.8 Å². The van der Waals surface area contributed by atoms with Crippen LogP contribution in [0.2, 0.25) is 0 Å². The molecule has 0 spiro atoms. The molecule has 0 atom stereocenters. The molecule has 200 valence electrons. The number of piperidine rings is 1. The van der Waals surface area contributed by atoms with Gasteiger partial charge in [0.15, 0.2) is 11.5 Å². The van der Waals surface area contributed by atoms with Gasteiger partial charge in [0.2, 0.25) is 11.6 Å². The maximum Gasteiger partial charge on any atom is 0.261 e. The number of ether oxygens (including phenoxy) is 2. The largest absolute Gasteiger partial charge is 0.504 e. The van der Waals surface area contributed by atoms with Crippen molar-refractivity contribution < 1.29 is 28.2 Å². The van der Waals surface area contributed by atoms with Crippen LogP contribution in [0.4, 0.5) is 14.5 Å². The van der Waals surface area contributed by atoms with Crippen molar-refractivity contribution >= 4 is 17.4 Å². The van der Waals surface area contributed by atoms with Gasteiger partial charge < -0.3 is 30.1 Å². The molecule has 2 aromatic carbocycles. The molecule has 0 unspecified atom stereocenters. The molecule has 2 heterocycles. The van der Waals surface area contributed by atoms with Crippen molar-refractivity contribution in [1.29, 1.82) is 5.41 Å². The summed E-state index contributed by atoms with van der Waals surface area (Å²) in [5, 5.41) is 17.9. The van der Waals surface area contributed by atoms with Crippen molar-refractivity contribution in [2.24, 2.45) is 11.7 Å². The van der Waals surface area contributed by atoms with Crippen LogP contribution in [0.3, 0.4) is 0 Å².